The number of nitrogens with two attached hydrogens (primary N) is 1. The zero-order chi connectivity index (χ0) is 14.7. The summed E-state index contributed by atoms with van der Waals surface area (Å²) < 4.78 is 2.02. The van der Waals surface area contributed by atoms with Gasteiger partial charge in [-0.05, 0) is 24.5 Å². The summed E-state index contributed by atoms with van der Waals surface area (Å²) >= 11 is 0. The Bertz CT molecular complexity index is 600. The van der Waals surface area contributed by atoms with Crippen LogP contribution in [0, 0.1) is 0 Å². The number of hydrogen-bond acceptors (Lipinski definition) is 3. The number of benzene rings is 1. The van der Waals surface area contributed by atoms with Gasteiger partial charge in [0.05, 0.1) is 24.2 Å². The Hall–Kier alpha value is -1.94. The van der Waals surface area contributed by atoms with Gasteiger partial charge >= 0.3 is 0 Å². The largest absolute Gasteiger partial charge is 0.318 e. The molecule has 2 aromatic rings. The molecule has 1 aromatic carbocycles. The van der Waals surface area contributed by atoms with Gasteiger partial charge in [-0.2, -0.15) is 5.10 Å². The standard InChI is InChI=1S/C17H21N3O/c18-17(13-6-2-1-3-7-13)16(21)12-14-10-11-20(19-14)15-8-4-5-9-15/h1-3,6-7,10-11,15,17H,4-5,8-9,12,18H2. The smallest absolute Gasteiger partial charge is 0.160 e. The highest BCUT2D eigenvalue weighted by Gasteiger charge is 2.20. The lowest BCUT2D eigenvalue weighted by atomic mass is 10.0. The number of carbonyl (C=O) groups is 1. The van der Waals surface area contributed by atoms with Crippen LogP contribution in [0.5, 0.6) is 0 Å². The average Bonchev–Trinajstić information content (AvgIpc) is 3.18. The zero-order valence-electron chi connectivity index (χ0n) is 12.1. The number of ketones is 1. The lowest BCUT2D eigenvalue weighted by molar-refractivity contribution is -0.119. The third-order valence-electron chi connectivity index (χ3n) is 4.22. The average molecular weight is 283 g/mol. The third-order valence-corrected chi connectivity index (χ3v) is 4.22. The molecule has 1 fully saturated rings. The molecule has 1 saturated carbocycles. The summed E-state index contributed by atoms with van der Waals surface area (Å²) in [5.74, 6) is 0.0119. The van der Waals surface area contributed by atoms with E-state index >= 15 is 0 Å². The number of aromatic nitrogens is 2. The Labute approximate surface area is 125 Å². The Morgan fingerprint density at radius 2 is 1.95 bits per heavy atom. The maximum atomic E-state index is 12.3. The Morgan fingerprint density at radius 3 is 2.67 bits per heavy atom. The van der Waals surface area contributed by atoms with Crippen molar-refractivity contribution in [3.8, 4) is 0 Å². The third kappa shape index (κ3) is 3.22. The van der Waals surface area contributed by atoms with Crippen molar-refractivity contribution >= 4 is 5.78 Å². The van der Waals surface area contributed by atoms with Crippen molar-refractivity contribution in [2.24, 2.45) is 5.73 Å². The van der Waals surface area contributed by atoms with Crippen molar-refractivity contribution in [3.05, 3.63) is 53.9 Å². The van der Waals surface area contributed by atoms with Crippen LogP contribution in [-0.4, -0.2) is 15.6 Å². The molecule has 1 atom stereocenters. The minimum atomic E-state index is -0.567. The van der Waals surface area contributed by atoms with Crippen LogP contribution in [0.25, 0.3) is 0 Å². The van der Waals surface area contributed by atoms with Crippen LogP contribution in [0.15, 0.2) is 42.6 Å². The molecule has 1 unspecified atom stereocenters. The SMILES string of the molecule is NC(C(=O)Cc1ccn(C2CCCC2)n1)c1ccccc1. The molecule has 0 spiro atoms. The van der Waals surface area contributed by atoms with Gasteiger partial charge in [0.25, 0.3) is 0 Å². The molecule has 1 aliphatic rings. The van der Waals surface area contributed by atoms with Crippen LogP contribution < -0.4 is 5.73 Å². The summed E-state index contributed by atoms with van der Waals surface area (Å²) in [4.78, 5) is 12.3. The highest BCUT2D eigenvalue weighted by Crippen LogP contribution is 2.28. The van der Waals surface area contributed by atoms with Crippen LogP contribution in [0.4, 0.5) is 0 Å². The molecule has 1 aliphatic carbocycles. The predicted molar refractivity (Wildman–Crippen MR) is 81.8 cm³/mol. The van der Waals surface area contributed by atoms with Crippen LogP contribution in [0.1, 0.15) is 49.0 Å². The second-order valence-corrected chi connectivity index (χ2v) is 5.76. The molecule has 0 aliphatic heterocycles. The van der Waals surface area contributed by atoms with Crippen molar-refractivity contribution in [3.63, 3.8) is 0 Å². The fourth-order valence-electron chi connectivity index (χ4n) is 2.98. The van der Waals surface area contributed by atoms with Gasteiger partial charge in [0, 0.05) is 6.20 Å². The maximum Gasteiger partial charge on any atom is 0.160 e. The molecular formula is C17H21N3O. The Balaban J connectivity index is 1.64. The van der Waals surface area contributed by atoms with Crippen LogP contribution in [0.2, 0.25) is 0 Å². The molecule has 4 heteroatoms. The van der Waals surface area contributed by atoms with Crippen molar-refractivity contribution in [1.82, 2.24) is 9.78 Å². The minimum absolute atomic E-state index is 0.0119. The molecule has 2 N–H and O–H groups in total. The van der Waals surface area contributed by atoms with E-state index in [0.29, 0.717) is 12.5 Å². The Morgan fingerprint density at radius 1 is 1.24 bits per heavy atom. The van der Waals surface area contributed by atoms with Gasteiger partial charge in [0.1, 0.15) is 0 Å². The van der Waals surface area contributed by atoms with E-state index in [2.05, 4.69) is 5.10 Å². The molecule has 0 bridgehead atoms. The first-order valence-corrected chi connectivity index (χ1v) is 7.61. The fourth-order valence-corrected chi connectivity index (χ4v) is 2.98. The van der Waals surface area contributed by atoms with Crippen LogP contribution >= 0.6 is 0 Å². The number of carbonyl (C=O) groups excluding carboxylic acids is 1. The molecule has 3 rings (SSSR count). The summed E-state index contributed by atoms with van der Waals surface area (Å²) in [5, 5.41) is 4.55. The number of nitrogens with zero attached hydrogens (tertiary/aromatic N) is 2. The molecule has 0 amide bonds. The second-order valence-electron chi connectivity index (χ2n) is 5.76. The van der Waals surface area contributed by atoms with Crippen molar-refractivity contribution in [2.75, 3.05) is 0 Å². The molecule has 0 radical (unpaired) electrons. The van der Waals surface area contributed by atoms with E-state index < -0.39 is 6.04 Å². The first-order valence-electron chi connectivity index (χ1n) is 7.61. The topological polar surface area (TPSA) is 60.9 Å². The first-order chi connectivity index (χ1) is 10.2. The van der Waals surface area contributed by atoms with Crippen molar-refractivity contribution in [1.29, 1.82) is 0 Å². The highest BCUT2D eigenvalue weighted by molar-refractivity contribution is 5.86. The molecular weight excluding hydrogens is 262 g/mol. The summed E-state index contributed by atoms with van der Waals surface area (Å²) in [6, 6.07) is 11.4. The molecule has 110 valence electrons. The molecule has 1 heterocycles. The molecule has 1 aromatic heterocycles. The van der Waals surface area contributed by atoms with Crippen LogP contribution in [0.3, 0.4) is 0 Å². The summed E-state index contributed by atoms with van der Waals surface area (Å²) in [5.41, 5.74) is 7.71. The van der Waals surface area contributed by atoms with E-state index in [1.165, 1.54) is 25.7 Å². The quantitative estimate of drug-likeness (QED) is 0.918. The van der Waals surface area contributed by atoms with Gasteiger partial charge in [-0.15, -0.1) is 0 Å². The van der Waals surface area contributed by atoms with E-state index in [4.69, 9.17) is 5.73 Å². The normalized spacial score (nSPS) is 17.0. The van der Waals surface area contributed by atoms with E-state index in [1.807, 2.05) is 47.3 Å². The molecule has 4 nitrogen and oxygen atoms in total. The summed E-state index contributed by atoms with van der Waals surface area (Å²) in [6.45, 7) is 0. The Kier molecular flexibility index (Phi) is 4.15. The van der Waals surface area contributed by atoms with Gasteiger partial charge < -0.3 is 5.73 Å². The van der Waals surface area contributed by atoms with E-state index in [0.717, 1.165) is 11.3 Å². The highest BCUT2D eigenvalue weighted by atomic mass is 16.1. The first kappa shape index (κ1) is 14.0. The lowest BCUT2D eigenvalue weighted by Crippen LogP contribution is -2.23. The minimum Gasteiger partial charge on any atom is -0.318 e. The summed E-state index contributed by atoms with van der Waals surface area (Å²) in [6.07, 6.45) is 7.23. The van der Waals surface area contributed by atoms with Gasteiger partial charge in [0.2, 0.25) is 0 Å². The monoisotopic (exact) mass is 283 g/mol. The number of rotatable bonds is 5. The lowest BCUT2D eigenvalue weighted by Gasteiger charge is -2.10. The van der Waals surface area contributed by atoms with Crippen molar-refractivity contribution < 1.29 is 4.79 Å². The second kappa shape index (κ2) is 6.22. The fraction of sp³-hybridized carbons (Fsp3) is 0.412. The zero-order valence-corrected chi connectivity index (χ0v) is 12.1. The van der Waals surface area contributed by atoms with Crippen molar-refractivity contribution in [2.45, 2.75) is 44.2 Å². The van der Waals surface area contributed by atoms with Crippen LogP contribution in [-0.2, 0) is 11.2 Å². The van der Waals surface area contributed by atoms with E-state index in [1.54, 1.807) is 0 Å². The van der Waals surface area contributed by atoms with E-state index in [-0.39, 0.29) is 5.78 Å². The van der Waals surface area contributed by atoms with Gasteiger partial charge in [-0.1, -0.05) is 43.2 Å². The number of hydrogen-bond donors (Lipinski definition) is 1. The van der Waals surface area contributed by atoms with Gasteiger partial charge in [0.15, 0.2) is 5.78 Å². The molecule has 21 heavy (non-hydrogen) atoms. The summed E-state index contributed by atoms with van der Waals surface area (Å²) in [7, 11) is 0. The number of Topliss-reactive ketones (excluding diaryl/α,β-unsaturated/α-hetero) is 1. The van der Waals surface area contributed by atoms with Gasteiger partial charge in [-0.25, -0.2) is 0 Å². The van der Waals surface area contributed by atoms with Gasteiger partial charge in [-0.3, -0.25) is 9.48 Å². The molecule has 0 saturated heterocycles. The van der Waals surface area contributed by atoms with E-state index in [9.17, 15) is 4.79 Å². The maximum absolute atomic E-state index is 12.3. The predicted octanol–water partition coefficient (Wildman–Crippen LogP) is 2.81.